The standard InChI is InChI=1S/C20H21N.ClH/c1-14(2)21-12-11-20-13-17(15-7-3-5-9-18(15)20)16-8-4-6-10-19(16)20;/h3-10,17,21H,1,11-13H2,2H3;1H. The molecule has 0 spiro atoms. The Balaban J connectivity index is 0.00000144. The van der Waals surface area contributed by atoms with Crippen molar-refractivity contribution in [3.63, 3.8) is 0 Å². The van der Waals surface area contributed by atoms with Crippen LogP contribution in [0.1, 0.15) is 47.9 Å². The van der Waals surface area contributed by atoms with E-state index in [9.17, 15) is 0 Å². The summed E-state index contributed by atoms with van der Waals surface area (Å²) in [5.41, 5.74) is 7.47. The molecule has 0 aliphatic heterocycles. The highest BCUT2D eigenvalue weighted by Crippen LogP contribution is 2.61. The fraction of sp³-hybridized carbons (Fsp3) is 0.300. The fourth-order valence-corrected chi connectivity index (χ4v) is 4.43. The zero-order valence-electron chi connectivity index (χ0n) is 12.9. The van der Waals surface area contributed by atoms with E-state index in [2.05, 4.69) is 60.4 Å². The van der Waals surface area contributed by atoms with E-state index in [-0.39, 0.29) is 17.8 Å². The van der Waals surface area contributed by atoms with E-state index in [1.54, 1.807) is 22.3 Å². The van der Waals surface area contributed by atoms with E-state index >= 15 is 0 Å². The molecule has 0 amide bonds. The first-order valence-corrected chi connectivity index (χ1v) is 7.80. The first-order chi connectivity index (χ1) is 10.2. The summed E-state index contributed by atoms with van der Waals surface area (Å²) in [4.78, 5) is 0. The second-order valence-corrected chi connectivity index (χ2v) is 6.47. The number of allylic oxidation sites excluding steroid dienone is 1. The van der Waals surface area contributed by atoms with E-state index < -0.39 is 0 Å². The van der Waals surface area contributed by atoms with Crippen molar-refractivity contribution < 1.29 is 0 Å². The number of rotatable bonds is 4. The average Bonchev–Trinajstić information content (AvgIpc) is 3.00. The molecule has 0 unspecified atom stereocenters. The van der Waals surface area contributed by atoms with E-state index in [1.807, 2.05) is 6.92 Å². The highest BCUT2D eigenvalue weighted by atomic mass is 35.5. The molecule has 0 atom stereocenters. The Labute approximate surface area is 138 Å². The third-order valence-corrected chi connectivity index (χ3v) is 5.23. The van der Waals surface area contributed by atoms with E-state index in [4.69, 9.17) is 0 Å². The van der Waals surface area contributed by atoms with Gasteiger partial charge in [-0.1, -0.05) is 55.1 Å². The first kappa shape index (κ1) is 15.2. The van der Waals surface area contributed by atoms with Crippen molar-refractivity contribution in [2.45, 2.75) is 31.1 Å². The summed E-state index contributed by atoms with van der Waals surface area (Å²) < 4.78 is 0. The van der Waals surface area contributed by atoms with Gasteiger partial charge in [0.2, 0.25) is 0 Å². The van der Waals surface area contributed by atoms with Gasteiger partial charge in [0, 0.05) is 23.6 Å². The summed E-state index contributed by atoms with van der Waals surface area (Å²) in [6.45, 7) is 6.98. The quantitative estimate of drug-likeness (QED) is 0.858. The molecule has 0 saturated heterocycles. The predicted molar refractivity (Wildman–Crippen MR) is 94.8 cm³/mol. The van der Waals surface area contributed by atoms with Gasteiger partial charge in [-0.3, -0.25) is 0 Å². The van der Waals surface area contributed by atoms with Crippen molar-refractivity contribution in [3.05, 3.63) is 83.1 Å². The molecule has 2 aromatic rings. The summed E-state index contributed by atoms with van der Waals surface area (Å²) in [6, 6.07) is 18.1. The van der Waals surface area contributed by atoms with Gasteiger partial charge in [-0.2, -0.15) is 0 Å². The van der Waals surface area contributed by atoms with Gasteiger partial charge in [-0.25, -0.2) is 0 Å². The Hall–Kier alpha value is -1.73. The van der Waals surface area contributed by atoms with Crippen molar-refractivity contribution in [3.8, 4) is 0 Å². The van der Waals surface area contributed by atoms with Gasteiger partial charge < -0.3 is 5.32 Å². The zero-order chi connectivity index (χ0) is 14.4. The van der Waals surface area contributed by atoms with Gasteiger partial charge >= 0.3 is 0 Å². The predicted octanol–water partition coefficient (Wildman–Crippen LogP) is 4.76. The minimum Gasteiger partial charge on any atom is -0.389 e. The molecule has 1 nitrogen and oxygen atoms in total. The molecule has 0 saturated carbocycles. The third-order valence-electron chi connectivity index (χ3n) is 5.23. The number of benzene rings is 2. The molecule has 4 rings (SSSR count). The number of fused-ring (bicyclic) bond motifs is 8. The van der Waals surface area contributed by atoms with Crippen LogP contribution in [-0.2, 0) is 5.41 Å². The molecule has 2 aliphatic carbocycles. The van der Waals surface area contributed by atoms with E-state index in [0.717, 1.165) is 18.7 Å². The summed E-state index contributed by atoms with van der Waals surface area (Å²) in [5, 5.41) is 3.42. The molecule has 0 heterocycles. The number of halogens is 1. The molecular weight excluding hydrogens is 290 g/mol. The van der Waals surface area contributed by atoms with Crippen molar-refractivity contribution in [1.82, 2.24) is 5.32 Å². The molecular formula is C20H22ClN. The van der Waals surface area contributed by atoms with E-state index in [0.29, 0.717) is 5.92 Å². The normalized spacial score (nSPS) is 23.4. The summed E-state index contributed by atoms with van der Waals surface area (Å²) in [6.07, 6.45) is 2.38. The molecule has 2 bridgehead atoms. The monoisotopic (exact) mass is 311 g/mol. The Kier molecular flexibility index (Phi) is 3.78. The lowest BCUT2D eigenvalue weighted by molar-refractivity contribution is 0.477. The molecule has 0 fully saturated rings. The highest BCUT2D eigenvalue weighted by molar-refractivity contribution is 5.85. The van der Waals surface area contributed by atoms with Crippen molar-refractivity contribution in [1.29, 1.82) is 0 Å². The molecule has 1 N–H and O–H groups in total. The van der Waals surface area contributed by atoms with Crippen LogP contribution in [0.5, 0.6) is 0 Å². The second-order valence-electron chi connectivity index (χ2n) is 6.47. The van der Waals surface area contributed by atoms with Crippen LogP contribution in [-0.4, -0.2) is 6.54 Å². The van der Waals surface area contributed by atoms with Crippen molar-refractivity contribution in [2.75, 3.05) is 6.54 Å². The second kappa shape index (κ2) is 5.48. The molecule has 2 aliphatic rings. The third kappa shape index (κ3) is 1.99. The molecule has 2 aromatic carbocycles. The van der Waals surface area contributed by atoms with Crippen LogP contribution >= 0.6 is 12.4 Å². The molecule has 22 heavy (non-hydrogen) atoms. The fourth-order valence-electron chi connectivity index (χ4n) is 4.43. The van der Waals surface area contributed by atoms with Crippen LogP contribution in [0.4, 0.5) is 0 Å². The molecule has 2 heteroatoms. The maximum absolute atomic E-state index is 3.96. The van der Waals surface area contributed by atoms with Gasteiger partial charge in [0.1, 0.15) is 0 Å². The number of hydrogen-bond acceptors (Lipinski definition) is 1. The number of hydrogen-bond donors (Lipinski definition) is 1. The van der Waals surface area contributed by atoms with Crippen LogP contribution in [0.2, 0.25) is 0 Å². The average molecular weight is 312 g/mol. The maximum atomic E-state index is 3.96. The smallest absolute Gasteiger partial charge is 0.0234 e. The van der Waals surface area contributed by atoms with Gasteiger partial charge in [0.05, 0.1) is 0 Å². The van der Waals surface area contributed by atoms with Crippen LogP contribution in [0.25, 0.3) is 0 Å². The van der Waals surface area contributed by atoms with Gasteiger partial charge in [0.25, 0.3) is 0 Å². The van der Waals surface area contributed by atoms with Gasteiger partial charge in [0.15, 0.2) is 0 Å². The largest absolute Gasteiger partial charge is 0.389 e. The Morgan fingerprint density at radius 3 is 2.18 bits per heavy atom. The highest BCUT2D eigenvalue weighted by Gasteiger charge is 2.51. The Morgan fingerprint density at radius 1 is 1.09 bits per heavy atom. The summed E-state index contributed by atoms with van der Waals surface area (Å²) in [5.74, 6) is 0.599. The molecule has 0 aromatic heterocycles. The van der Waals surface area contributed by atoms with Crippen LogP contribution in [0.3, 0.4) is 0 Å². The van der Waals surface area contributed by atoms with Crippen LogP contribution in [0.15, 0.2) is 60.8 Å². The Bertz CT molecular complexity index is 672. The summed E-state index contributed by atoms with van der Waals surface area (Å²) in [7, 11) is 0. The van der Waals surface area contributed by atoms with Crippen LogP contribution < -0.4 is 5.32 Å². The minimum atomic E-state index is 0. The van der Waals surface area contributed by atoms with Crippen molar-refractivity contribution in [2.24, 2.45) is 0 Å². The molecule has 114 valence electrons. The first-order valence-electron chi connectivity index (χ1n) is 7.80. The van der Waals surface area contributed by atoms with Crippen molar-refractivity contribution >= 4 is 12.4 Å². The SMILES string of the molecule is C=C(C)NCCC12CC(c3ccccc31)c1ccccc12.Cl. The lowest BCUT2D eigenvalue weighted by atomic mass is 9.73. The molecule has 0 radical (unpaired) electrons. The lowest BCUT2D eigenvalue weighted by Crippen LogP contribution is -2.28. The summed E-state index contributed by atoms with van der Waals surface area (Å²) >= 11 is 0. The maximum Gasteiger partial charge on any atom is 0.0234 e. The van der Waals surface area contributed by atoms with Gasteiger partial charge in [-0.15, -0.1) is 12.4 Å². The lowest BCUT2D eigenvalue weighted by Gasteiger charge is -2.31. The topological polar surface area (TPSA) is 12.0 Å². The number of nitrogens with one attached hydrogen (secondary N) is 1. The minimum absolute atomic E-state index is 0. The Morgan fingerprint density at radius 2 is 1.64 bits per heavy atom. The zero-order valence-corrected chi connectivity index (χ0v) is 13.7. The van der Waals surface area contributed by atoms with Crippen LogP contribution in [0, 0.1) is 0 Å². The van der Waals surface area contributed by atoms with Gasteiger partial charge in [-0.05, 0) is 42.0 Å². The van der Waals surface area contributed by atoms with E-state index in [1.165, 1.54) is 6.42 Å².